The molecule has 1 aromatic rings. The smallest absolute Gasteiger partial charge is 0.193 e. The van der Waals surface area contributed by atoms with Crippen LogP contribution in [0.1, 0.15) is 43.7 Å². The summed E-state index contributed by atoms with van der Waals surface area (Å²) in [6, 6.07) is 7.28. The summed E-state index contributed by atoms with van der Waals surface area (Å²) in [5.41, 5.74) is 10.1. The van der Waals surface area contributed by atoms with Crippen LogP contribution in [0.5, 0.6) is 0 Å². The maximum absolute atomic E-state index is 6.08. The number of benzene rings is 1. The van der Waals surface area contributed by atoms with Crippen molar-refractivity contribution >= 4 is 11.6 Å². The average Bonchev–Trinajstić information content (AvgIpc) is 3.37. The molecule has 4 heteroatoms. The zero-order chi connectivity index (χ0) is 15.4. The minimum Gasteiger partial charge on any atom is -0.370 e. The largest absolute Gasteiger partial charge is 0.370 e. The van der Waals surface area contributed by atoms with E-state index in [1.54, 1.807) is 0 Å². The van der Waals surface area contributed by atoms with Crippen LogP contribution in [0.2, 0.25) is 0 Å². The van der Waals surface area contributed by atoms with E-state index >= 15 is 0 Å². The number of likely N-dealkylation sites (N-methyl/N-ethyl adjacent to an activating group) is 1. The molecular weight excluding hydrogens is 272 g/mol. The van der Waals surface area contributed by atoms with Gasteiger partial charge in [-0.05, 0) is 62.3 Å². The van der Waals surface area contributed by atoms with Crippen molar-refractivity contribution in [2.45, 2.75) is 51.5 Å². The van der Waals surface area contributed by atoms with E-state index in [2.05, 4.69) is 40.3 Å². The first-order valence-electron chi connectivity index (χ1n) is 8.69. The summed E-state index contributed by atoms with van der Waals surface area (Å²) >= 11 is 0. The number of nitrogens with zero attached hydrogens (tertiary/aromatic N) is 2. The van der Waals surface area contributed by atoms with Crippen molar-refractivity contribution < 1.29 is 0 Å². The Balaban J connectivity index is 1.56. The van der Waals surface area contributed by atoms with Crippen LogP contribution in [-0.2, 0) is 12.8 Å². The normalized spacial score (nSPS) is 18.4. The fourth-order valence-corrected chi connectivity index (χ4v) is 3.41. The van der Waals surface area contributed by atoms with Crippen LogP contribution in [-0.4, -0.2) is 36.5 Å². The van der Waals surface area contributed by atoms with Crippen LogP contribution in [0, 0.1) is 0 Å². The Kier molecular flexibility index (Phi) is 4.98. The maximum Gasteiger partial charge on any atom is 0.193 e. The monoisotopic (exact) mass is 300 g/mol. The molecule has 0 spiro atoms. The molecule has 2 aliphatic carbocycles. The fourth-order valence-electron chi connectivity index (χ4n) is 3.41. The van der Waals surface area contributed by atoms with Crippen LogP contribution in [0.15, 0.2) is 23.2 Å². The molecular formula is C18H28N4. The van der Waals surface area contributed by atoms with Gasteiger partial charge in [-0.1, -0.05) is 19.1 Å². The lowest BCUT2D eigenvalue weighted by molar-refractivity contribution is 0.286. The molecule has 0 radical (unpaired) electrons. The van der Waals surface area contributed by atoms with Crippen LogP contribution >= 0.6 is 0 Å². The van der Waals surface area contributed by atoms with Gasteiger partial charge in [-0.15, -0.1) is 0 Å². The number of guanidine groups is 1. The number of anilines is 1. The van der Waals surface area contributed by atoms with E-state index in [1.807, 2.05) is 0 Å². The van der Waals surface area contributed by atoms with Crippen LogP contribution in [0.25, 0.3) is 0 Å². The van der Waals surface area contributed by atoms with Crippen molar-refractivity contribution in [3.63, 3.8) is 0 Å². The summed E-state index contributed by atoms with van der Waals surface area (Å²) < 4.78 is 0. The highest BCUT2D eigenvalue weighted by molar-refractivity contribution is 5.93. The number of nitrogens with one attached hydrogen (secondary N) is 1. The van der Waals surface area contributed by atoms with E-state index in [-0.39, 0.29) is 0 Å². The van der Waals surface area contributed by atoms with Gasteiger partial charge in [-0.25, -0.2) is 0 Å². The minimum atomic E-state index is 0.547. The van der Waals surface area contributed by atoms with Gasteiger partial charge in [0.2, 0.25) is 0 Å². The Morgan fingerprint density at radius 1 is 1.32 bits per heavy atom. The van der Waals surface area contributed by atoms with Crippen molar-refractivity contribution in [1.29, 1.82) is 0 Å². The first kappa shape index (κ1) is 15.3. The summed E-state index contributed by atoms with van der Waals surface area (Å²) in [7, 11) is 0. The molecule has 0 aliphatic heterocycles. The van der Waals surface area contributed by atoms with Gasteiger partial charge in [-0.2, -0.15) is 0 Å². The summed E-state index contributed by atoms with van der Waals surface area (Å²) in [6.45, 7) is 5.12. The lowest BCUT2D eigenvalue weighted by Gasteiger charge is -2.20. The number of aliphatic imine (C=N–C) groups is 1. The highest BCUT2D eigenvalue weighted by atomic mass is 15.2. The highest BCUT2D eigenvalue weighted by Gasteiger charge is 2.27. The molecule has 0 bridgehead atoms. The predicted molar refractivity (Wildman–Crippen MR) is 93.5 cm³/mol. The average molecular weight is 300 g/mol. The summed E-state index contributed by atoms with van der Waals surface area (Å²) in [4.78, 5) is 7.01. The van der Waals surface area contributed by atoms with Crippen LogP contribution in [0.3, 0.4) is 0 Å². The molecule has 3 N–H and O–H groups in total. The van der Waals surface area contributed by atoms with Gasteiger partial charge in [0.1, 0.15) is 0 Å². The van der Waals surface area contributed by atoms with Crippen molar-refractivity contribution in [3.8, 4) is 0 Å². The summed E-state index contributed by atoms with van der Waals surface area (Å²) in [5, 5.41) is 3.32. The van der Waals surface area contributed by atoms with Gasteiger partial charge in [0.05, 0.1) is 6.54 Å². The number of rotatable bonds is 6. The van der Waals surface area contributed by atoms with Crippen molar-refractivity contribution in [3.05, 3.63) is 29.3 Å². The SMILES string of the molecule is CCN(CCN=C(N)Nc1cccc2c1CCCC2)C1CC1. The van der Waals surface area contributed by atoms with Gasteiger partial charge in [0.25, 0.3) is 0 Å². The fraction of sp³-hybridized carbons (Fsp3) is 0.611. The summed E-state index contributed by atoms with van der Waals surface area (Å²) in [5.74, 6) is 0.547. The van der Waals surface area contributed by atoms with Gasteiger partial charge >= 0.3 is 0 Å². The highest BCUT2D eigenvalue weighted by Crippen LogP contribution is 2.28. The lowest BCUT2D eigenvalue weighted by atomic mass is 9.90. The number of aryl methyl sites for hydroxylation is 1. The topological polar surface area (TPSA) is 53.6 Å². The van der Waals surface area contributed by atoms with E-state index in [1.165, 1.54) is 43.2 Å². The summed E-state index contributed by atoms with van der Waals surface area (Å²) in [6.07, 6.45) is 7.61. The molecule has 0 atom stereocenters. The molecule has 0 saturated heterocycles. The lowest BCUT2D eigenvalue weighted by Crippen LogP contribution is -2.30. The van der Waals surface area contributed by atoms with E-state index in [9.17, 15) is 0 Å². The Morgan fingerprint density at radius 3 is 2.91 bits per heavy atom. The molecule has 1 saturated carbocycles. The Morgan fingerprint density at radius 2 is 2.14 bits per heavy atom. The van der Waals surface area contributed by atoms with Gasteiger partial charge in [0.15, 0.2) is 5.96 Å². The second-order valence-electron chi connectivity index (χ2n) is 6.40. The van der Waals surface area contributed by atoms with E-state index < -0.39 is 0 Å². The third-order valence-corrected chi connectivity index (χ3v) is 4.80. The molecule has 0 unspecified atom stereocenters. The first-order valence-corrected chi connectivity index (χ1v) is 8.69. The molecule has 0 aromatic heterocycles. The van der Waals surface area contributed by atoms with E-state index in [0.29, 0.717) is 5.96 Å². The van der Waals surface area contributed by atoms with Crippen LogP contribution < -0.4 is 11.1 Å². The predicted octanol–water partition coefficient (Wildman–Crippen LogP) is 2.78. The Bertz CT molecular complexity index is 534. The molecule has 120 valence electrons. The van der Waals surface area contributed by atoms with Crippen molar-refractivity contribution in [2.75, 3.05) is 25.0 Å². The zero-order valence-corrected chi connectivity index (χ0v) is 13.6. The molecule has 0 amide bonds. The molecule has 1 aromatic carbocycles. The van der Waals surface area contributed by atoms with Crippen molar-refractivity contribution in [1.82, 2.24) is 4.90 Å². The van der Waals surface area contributed by atoms with Gasteiger partial charge < -0.3 is 11.1 Å². The molecule has 3 rings (SSSR count). The van der Waals surface area contributed by atoms with Crippen molar-refractivity contribution in [2.24, 2.45) is 10.7 Å². The van der Waals surface area contributed by atoms with E-state index in [0.717, 1.165) is 37.8 Å². The van der Waals surface area contributed by atoms with Gasteiger partial charge in [-0.3, -0.25) is 9.89 Å². The third-order valence-electron chi connectivity index (χ3n) is 4.80. The number of nitrogens with two attached hydrogens (primary N) is 1. The molecule has 0 heterocycles. The Hall–Kier alpha value is -1.55. The number of hydrogen-bond donors (Lipinski definition) is 2. The standard InChI is InChI=1S/C18H28N4/c1-2-22(15-10-11-15)13-12-20-18(19)21-17-9-5-7-14-6-3-4-8-16(14)17/h5,7,9,15H,2-4,6,8,10-13H2,1H3,(H3,19,20,21). The second-order valence-corrected chi connectivity index (χ2v) is 6.40. The van der Waals surface area contributed by atoms with Gasteiger partial charge in [0, 0.05) is 18.3 Å². The second kappa shape index (κ2) is 7.14. The molecule has 22 heavy (non-hydrogen) atoms. The quantitative estimate of drug-likeness (QED) is 0.627. The number of hydrogen-bond acceptors (Lipinski definition) is 2. The number of fused-ring (bicyclic) bond motifs is 1. The third kappa shape index (κ3) is 3.80. The maximum atomic E-state index is 6.08. The molecule has 2 aliphatic rings. The van der Waals surface area contributed by atoms with E-state index in [4.69, 9.17) is 5.73 Å². The zero-order valence-electron chi connectivity index (χ0n) is 13.6. The molecule has 1 fully saturated rings. The Labute approximate surface area is 133 Å². The minimum absolute atomic E-state index is 0.547. The molecule has 4 nitrogen and oxygen atoms in total. The first-order chi connectivity index (χ1) is 10.8. The van der Waals surface area contributed by atoms with Crippen LogP contribution in [0.4, 0.5) is 5.69 Å².